The summed E-state index contributed by atoms with van der Waals surface area (Å²) in [7, 11) is 0. The van der Waals surface area contributed by atoms with Crippen LogP contribution in [0.4, 0.5) is 5.69 Å². The first-order valence-electron chi connectivity index (χ1n) is 8.54. The van der Waals surface area contributed by atoms with Gasteiger partial charge in [-0.1, -0.05) is 51.1 Å². The molecule has 1 unspecified atom stereocenters. The Morgan fingerprint density at radius 2 is 1.69 bits per heavy atom. The monoisotopic (exact) mass is 355 g/mol. The van der Waals surface area contributed by atoms with E-state index >= 15 is 0 Å². The van der Waals surface area contributed by atoms with Gasteiger partial charge in [0.25, 0.3) is 5.91 Å². The molecule has 2 rings (SSSR count). The van der Waals surface area contributed by atoms with Gasteiger partial charge in [-0.2, -0.15) is 0 Å². The van der Waals surface area contributed by atoms with Crippen molar-refractivity contribution in [2.75, 3.05) is 5.32 Å². The van der Waals surface area contributed by atoms with E-state index < -0.39 is 12.1 Å². The Hall–Kier alpha value is -2.82. The van der Waals surface area contributed by atoms with E-state index in [1.165, 1.54) is 5.56 Å². The molecular formula is C21H25NO4. The lowest BCUT2D eigenvalue weighted by atomic mass is 9.87. The van der Waals surface area contributed by atoms with E-state index in [2.05, 4.69) is 26.1 Å². The largest absolute Gasteiger partial charge is 0.481 e. The Morgan fingerprint density at radius 1 is 1.08 bits per heavy atom. The van der Waals surface area contributed by atoms with Crippen molar-refractivity contribution in [3.8, 4) is 5.75 Å². The molecule has 5 heteroatoms. The smallest absolute Gasteiger partial charge is 0.307 e. The highest BCUT2D eigenvalue weighted by Crippen LogP contribution is 2.25. The van der Waals surface area contributed by atoms with Crippen LogP contribution in [-0.4, -0.2) is 23.1 Å². The number of amides is 1. The molecule has 2 aromatic carbocycles. The third kappa shape index (κ3) is 5.34. The summed E-state index contributed by atoms with van der Waals surface area (Å²) in [5.74, 6) is -0.669. The van der Waals surface area contributed by atoms with E-state index in [1.54, 1.807) is 31.2 Å². The minimum absolute atomic E-state index is 0.0510. The van der Waals surface area contributed by atoms with Crippen LogP contribution in [0.25, 0.3) is 0 Å². The van der Waals surface area contributed by atoms with Gasteiger partial charge >= 0.3 is 5.97 Å². The van der Waals surface area contributed by atoms with Gasteiger partial charge in [0.2, 0.25) is 0 Å². The van der Waals surface area contributed by atoms with Crippen LogP contribution < -0.4 is 10.1 Å². The molecule has 0 aromatic heterocycles. The van der Waals surface area contributed by atoms with E-state index in [0.717, 1.165) is 0 Å². The number of carboxylic acid groups (broad SMARTS) is 1. The standard InChI is InChI=1S/C21H25NO4/c1-14(26-17-11-9-16(10-12-17)21(2,3)4)20(25)22-18-8-6-5-7-15(18)13-19(23)24/h5-12,14H,13H2,1-4H3,(H,22,25)(H,23,24). The second-order valence-electron chi connectivity index (χ2n) is 7.25. The molecule has 5 nitrogen and oxygen atoms in total. The molecule has 138 valence electrons. The number of ether oxygens (including phenoxy) is 1. The first-order valence-corrected chi connectivity index (χ1v) is 8.54. The highest BCUT2D eigenvalue weighted by atomic mass is 16.5. The molecule has 2 aromatic rings. The fraction of sp³-hybridized carbons (Fsp3) is 0.333. The van der Waals surface area contributed by atoms with E-state index in [9.17, 15) is 9.59 Å². The molecule has 0 aliphatic rings. The number of benzene rings is 2. The number of carbonyl (C=O) groups is 2. The van der Waals surface area contributed by atoms with Crippen LogP contribution in [0.1, 0.15) is 38.8 Å². The lowest BCUT2D eigenvalue weighted by Gasteiger charge is -2.20. The quantitative estimate of drug-likeness (QED) is 0.821. The van der Waals surface area contributed by atoms with E-state index in [1.807, 2.05) is 24.3 Å². The summed E-state index contributed by atoms with van der Waals surface area (Å²) < 4.78 is 5.71. The number of rotatable bonds is 6. The van der Waals surface area contributed by atoms with E-state index in [4.69, 9.17) is 9.84 Å². The lowest BCUT2D eigenvalue weighted by Crippen LogP contribution is -2.30. The van der Waals surface area contributed by atoms with Gasteiger partial charge in [0.05, 0.1) is 6.42 Å². The van der Waals surface area contributed by atoms with Crippen LogP contribution >= 0.6 is 0 Å². The van der Waals surface area contributed by atoms with Crippen molar-refractivity contribution in [3.05, 3.63) is 59.7 Å². The van der Waals surface area contributed by atoms with Crippen LogP contribution in [0.5, 0.6) is 5.75 Å². The molecular weight excluding hydrogens is 330 g/mol. The van der Waals surface area contributed by atoms with Crippen LogP contribution in [0.2, 0.25) is 0 Å². The third-order valence-corrected chi connectivity index (χ3v) is 4.02. The third-order valence-electron chi connectivity index (χ3n) is 4.02. The fourth-order valence-corrected chi connectivity index (χ4v) is 2.48. The van der Waals surface area contributed by atoms with Crippen molar-refractivity contribution < 1.29 is 19.4 Å². The van der Waals surface area contributed by atoms with Crippen LogP contribution in [0.3, 0.4) is 0 Å². The molecule has 1 amide bonds. The highest BCUT2D eigenvalue weighted by molar-refractivity contribution is 5.95. The maximum atomic E-state index is 12.4. The molecule has 0 bridgehead atoms. The number of anilines is 1. The molecule has 1 atom stereocenters. The first kappa shape index (κ1) is 19.5. The predicted octanol–water partition coefficient (Wildman–Crippen LogP) is 4.02. The van der Waals surface area contributed by atoms with Gasteiger partial charge < -0.3 is 15.2 Å². The zero-order valence-electron chi connectivity index (χ0n) is 15.6. The molecule has 0 aliphatic heterocycles. The molecule has 2 N–H and O–H groups in total. The average molecular weight is 355 g/mol. The molecule has 0 saturated heterocycles. The highest BCUT2D eigenvalue weighted by Gasteiger charge is 2.18. The molecule has 0 saturated carbocycles. The maximum Gasteiger partial charge on any atom is 0.307 e. The van der Waals surface area contributed by atoms with Gasteiger partial charge in [-0.3, -0.25) is 9.59 Å². The number of nitrogens with one attached hydrogen (secondary N) is 1. The zero-order chi connectivity index (χ0) is 19.3. The van der Waals surface area contributed by atoms with Crippen molar-refractivity contribution in [1.29, 1.82) is 0 Å². The number of para-hydroxylation sites is 1. The van der Waals surface area contributed by atoms with Gasteiger partial charge in [0.1, 0.15) is 5.75 Å². The van der Waals surface area contributed by atoms with Gasteiger partial charge in [-0.15, -0.1) is 0 Å². The summed E-state index contributed by atoms with van der Waals surface area (Å²) in [5.41, 5.74) is 2.27. The normalized spacial score (nSPS) is 12.3. The summed E-state index contributed by atoms with van der Waals surface area (Å²) in [6, 6.07) is 14.5. The molecule has 0 spiro atoms. The Balaban J connectivity index is 2.03. The second-order valence-corrected chi connectivity index (χ2v) is 7.25. The minimum atomic E-state index is -0.949. The minimum Gasteiger partial charge on any atom is -0.481 e. The number of carboxylic acids is 1. The second kappa shape index (κ2) is 8.04. The zero-order valence-corrected chi connectivity index (χ0v) is 15.6. The Morgan fingerprint density at radius 3 is 2.27 bits per heavy atom. The average Bonchev–Trinajstić information content (AvgIpc) is 2.55. The van der Waals surface area contributed by atoms with Gasteiger partial charge in [-0.25, -0.2) is 0 Å². The molecule has 0 aliphatic carbocycles. The molecule has 0 radical (unpaired) electrons. The Kier molecular flexibility index (Phi) is 6.03. The number of carbonyl (C=O) groups excluding carboxylic acids is 1. The maximum absolute atomic E-state index is 12.4. The summed E-state index contributed by atoms with van der Waals surface area (Å²) in [6.45, 7) is 8.06. The number of aliphatic carboxylic acids is 1. The number of hydrogen-bond acceptors (Lipinski definition) is 3. The summed E-state index contributed by atoms with van der Waals surface area (Å²) >= 11 is 0. The fourth-order valence-electron chi connectivity index (χ4n) is 2.48. The topological polar surface area (TPSA) is 75.6 Å². The van der Waals surface area contributed by atoms with E-state index in [-0.39, 0.29) is 17.7 Å². The lowest BCUT2D eigenvalue weighted by molar-refractivity contribution is -0.136. The molecule has 0 fully saturated rings. The predicted molar refractivity (Wildman–Crippen MR) is 102 cm³/mol. The van der Waals surface area contributed by atoms with E-state index in [0.29, 0.717) is 17.0 Å². The van der Waals surface area contributed by atoms with Crippen LogP contribution in [-0.2, 0) is 21.4 Å². The van der Waals surface area contributed by atoms with Crippen molar-refractivity contribution in [2.45, 2.75) is 45.6 Å². The Labute approximate surface area is 154 Å². The van der Waals surface area contributed by atoms with Gasteiger partial charge in [0.15, 0.2) is 6.10 Å². The van der Waals surface area contributed by atoms with Crippen molar-refractivity contribution in [2.24, 2.45) is 0 Å². The number of hydrogen-bond donors (Lipinski definition) is 2. The molecule has 26 heavy (non-hydrogen) atoms. The molecule has 0 heterocycles. The van der Waals surface area contributed by atoms with Gasteiger partial charge in [0, 0.05) is 5.69 Å². The summed E-state index contributed by atoms with van der Waals surface area (Å²) in [4.78, 5) is 23.3. The first-order chi connectivity index (χ1) is 12.2. The summed E-state index contributed by atoms with van der Waals surface area (Å²) in [5, 5.41) is 11.7. The summed E-state index contributed by atoms with van der Waals surface area (Å²) in [6.07, 6.45) is -0.867. The SMILES string of the molecule is CC(Oc1ccc(C(C)(C)C)cc1)C(=O)Nc1ccccc1CC(=O)O. The Bertz CT molecular complexity index is 775. The van der Waals surface area contributed by atoms with Crippen molar-refractivity contribution in [1.82, 2.24) is 0 Å². The van der Waals surface area contributed by atoms with Crippen LogP contribution in [0, 0.1) is 0 Å². The van der Waals surface area contributed by atoms with Gasteiger partial charge in [-0.05, 0) is 41.7 Å². The van der Waals surface area contributed by atoms with Crippen molar-refractivity contribution in [3.63, 3.8) is 0 Å². The van der Waals surface area contributed by atoms with Crippen LogP contribution in [0.15, 0.2) is 48.5 Å². The van der Waals surface area contributed by atoms with Crippen molar-refractivity contribution >= 4 is 17.6 Å².